The van der Waals surface area contributed by atoms with Crippen molar-refractivity contribution in [3.63, 3.8) is 0 Å². The Bertz CT molecular complexity index is 526. The number of hydrogen-bond donors (Lipinski definition) is 0. The molecular weight excluding hydrogens is 267 g/mol. The van der Waals surface area contributed by atoms with Gasteiger partial charge in [-0.15, -0.1) is 0 Å². The molecule has 1 heterocycles. The normalized spacial score (nSPS) is 19.1. The van der Waals surface area contributed by atoms with E-state index in [1.165, 1.54) is 0 Å². The Morgan fingerprint density at radius 1 is 1.20 bits per heavy atom. The van der Waals surface area contributed by atoms with Crippen molar-refractivity contribution in [3.8, 4) is 0 Å². The number of rotatable bonds is 4. The second-order valence-corrected chi connectivity index (χ2v) is 5.37. The Hall–Kier alpha value is -1.36. The highest BCUT2D eigenvalue weighted by Gasteiger charge is 2.40. The van der Waals surface area contributed by atoms with E-state index in [2.05, 4.69) is 0 Å². The van der Waals surface area contributed by atoms with Crippen LogP contribution in [0.4, 0.5) is 13.2 Å². The molecule has 0 radical (unpaired) electrons. The van der Waals surface area contributed by atoms with Gasteiger partial charge in [0.2, 0.25) is 0 Å². The van der Waals surface area contributed by atoms with Crippen LogP contribution in [0.1, 0.15) is 43.5 Å². The van der Waals surface area contributed by atoms with Crippen LogP contribution in [0.2, 0.25) is 0 Å². The van der Waals surface area contributed by atoms with E-state index in [4.69, 9.17) is 0 Å². The van der Waals surface area contributed by atoms with Crippen molar-refractivity contribution in [2.45, 2.75) is 38.6 Å². The van der Waals surface area contributed by atoms with Crippen molar-refractivity contribution < 1.29 is 18.0 Å². The van der Waals surface area contributed by atoms with E-state index in [0.29, 0.717) is 6.42 Å². The molecule has 1 atom stereocenters. The molecule has 2 nitrogen and oxygen atoms in total. The Balaban J connectivity index is 2.41. The van der Waals surface area contributed by atoms with Crippen molar-refractivity contribution in [3.05, 3.63) is 35.1 Å². The fourth-order valence-electron chi connectivity index (χ4n) is 2.73. The highest BCUT2D eigenvalue weighted by atomic mass is 19.2. The summed E-state index contributed by atoms with van der Waals surface area (Å²) in [5.74, 6) is -4.75. The molecule has 110 valence electrons. The molecule has 0 aromatic heterocycles. The van der Waals surface area contributed by atoms with Gasteiger partial charge in [0.25, 0.3) is 0 Å². The average Bonchev–Trinajstić information content (AvgIpc) is 2.98. The number of benzene rings is 1. The van der Waals surface area contributed by atoms with E-state index in [1.54, 1.807) is 6.92 Å². The summed E-state index contributed by atoms with van der Waals surface area (Å²) in [6.07, 6.45) is 2.47. The van der Waals surface area contributed by atoms with Crippen molar-refractivity contribution in [2.75, 3.05) is 13.1 Å². The third-order valence-electron chi connectivity index (χ3n) is 4.26. The highest BCUT2D eigenvalue weighted by molar-refractivity contribution is 6.03. The van der Waals surface area contributed by atoms with Gasteiger partial charge in [-0.2, -0.15) is 0 Å². The number of halogens is 3. The minimum atomic E-state index is -1.59. The topological polar surface area (TPSA) is 20.3 Å². The van der Waals surface area contributed by atoms with Crippen molar-refractivity contribution in [2.24, 2.45) is 0 Å². The Labute approximate surface area is 116 Å². The minimum Gasteiger partial charge on any atom is -0.292 e. The quantitative estimate of drug-likeness (QED) is 0.623. The molecule has 0 aliphatic carbocycles. The lowest BCUT2D eigenvalue weighted by molar-refractivity contribution is 0.0642. The number of Topliss-reactive ketones (excluding diaryl/α,β-unsaturated/α-hetero) is 1. The first-order chi connectivity index (χ1) is 9.41. The predicted molar refractivity (Wildman–Crippen MR) is 70.1 cm³/mol. The number of likely N-dealkylation sites (tertiary alicyclic amines) is 1. The zero-order valence-corrected chi connectivity index (χ0v) is 11.7. The minimum absolute atomic E-state index is 0.375. The summed E-state index contributed by atoms with van der Waals surface area (Å²) < 4.78 is 40.1. The summed E-state index contributed by atoms with van der Waals surface area (Å²) in [6.45, 7) is 5.11. The third kappa shape index (κ3) is 2.35. The Morgan fingerprint density at radius 2 is 1.80 bits per heavy atom. The van der Waals surface area contributed by atoms with Crippen LogP contribution >= 0.6 is 0 Å². The van der Waals surface area contributed by atoms with Gasteiger partial charge in [-0.05, 0) is 51.4 Å². The molecule has 0 saturated carbocycles. The molecule has 0 bridgehead atoms. The maximum atomic E-state index is 13.8. The molecule has 0 spiro atoms. The van der Waals surface area contributed by atoms with E-state index in [1.807, 2.05) is 11.8 Å². The molecule has 1 aromatic rings. The van der Waals surface area contributed by atoms with E-state index in [0.717, 1.165) is 38.1 Å². The molecule has 0 amide bonds. The molecule has 1 fully saturated rings. The van der Waals surface area contributed by atoms with Gasteiger partial charge in [-0.25, -0.2) is 13.2 Å². The summed E-state index contributed by atoms with van der Waals surface area (Å²) in [4.78, 5) is 14.6. The van der Waals surface area contributed by atoms with Crippen molar-refractivity contribution in [1.82, 2.24) is 4.90 Å². The van der Waals surface area contributed by atoms with Gasteiger partial charge in [0, 0.05) is 0 Å². The lowest BCUT2D eigenvalue weighted by Crippen LogP contribution is -2.51. The SMILES string of the molecule is CCC(C)(C(=O)c1ccc(F)c(F)c1F)N1CCCC1. The Morgan fingerprint density at radius 3 is 2.35 bits per heavy atom. The first kappa shape index (κ1) is 15.0. The smallest absolute Gasteiger partial charge is 0.195 e. The zero-order chi connectivity index (χ0) is 14.9. The summed E-state index contributed by atoms with van der Waals surface area (Å²) in [5.41, 5.74) is -1.25. The number of hydrogen-bond acceptors (Lipinski definition) is 2. The highest BCUT2D eigenvalue weighted by Crippen LogP contribution is 2.30. The summed E-state index contributed by atoms with van der Waals surface area (Å²) in [6, 6.07) is 1.83. The average molecular weight is 285 g/mol. The number of ketones is 1. The number of carbonyl (C=O) groups excluding carboxylic acids is 1. The monoisotopic (exact) mass is 285 g/mol. The molecule has 1 aliphatic heterocycles. The molecule has 20 heavy (non-hydrogen) atoms. The van der Waals surface area contributed by atoms with Crippen LogP contribution in [-0.4, -0.2) is 29.3 Å². The van der Waals surface area contributed by atoms with Gasteiger partial charge in [0.1, 0.15) is 0 Å². The molecular formula is C15H18F3NO. The number of carbonyl (C=O) groups is 1. The van der Waals surface area contributed by atoms with E-state index in [9.17, 15) is 18.0 Å². The first-order valence-corrected chi connectivity index (χ1v) is 6.85. The lowest BCUT2D eigenvalue weighted by Gasteiger charge is -2.36. The zero-order valence-electron chi connectivity index (χ0n) is 11.7. The van der Waals surface area contributed by atoms with Gasteiger partial charge >= 0.3 is 0 Å². The fraction of sp³-hybridized carbons (Fsp3) is 0.533. The second kappa shape index (κ2) is 5.56. The van der Waals surface area contributed by atoms with Crippen LogP contribution in [-0.2, 0) is 0 Å². The molecule has 1 aromatic carbocycles. The van der Waals surface area contributed by atoms with E-state index >= 15 is 0 Å². The predicted octanol–water partition coefficient (Wildman–Crippen LogP) is 3.55. The van der Waals surface area contributed by atoms with Crippen LogP contribution in [0.3, 0.4) is 0 Å². The largest absolute Gasteiger partial charge is 0.292 e. The maximum absolute atomic E-state index is 13.8. The maximum Gasteiger partial charge on any atom is 0.195 e. The van der Waals surface area contributed by atoms with Crippen LogP contribution in [0.5, 0.6) is 0 Å². The molecule has 1 unspecified atom stereocenters. The molecule has 1 aliphatic rings. The van der Waals surface area contributed by atoms with Crippen molar-refractivity contribution >= 4 is 5.78 Å². The van der Waals surface area contributed by atoms with Crippen LogP contribution in [0.25, 0.3) is 0 Å². The summed E-state index contributed by atoms with van der Waals surface area (Å²) >= 11 is 0. The first-order valence-electron chi connectivity index (χ1n) is 6.85. The standard InChI is InChI=1S/C15H18F3NO/c1-3-15(2,19-8-4-5-9-19)14(20)10-6-7-11(16)13(18)12(10)17/h6-7H,3-5,8-9H2,1-2H3. The van der Waals surface area contributed by atoms with Gasteiger partial charge in [-0.1, -0.05) is 6.92 Å². The molecule has 0 N–H and O–H groups in total. The van der Waals surface area contributed by atoms with Crippen LogP contribution in [0.15, 0.2) is 12.1 Å². The van der Waals surface area contributed by atoms with Gasteiger partial charge in [0.05, 0.1) is 11.1 Å². The van der Waals surface area contributed by atoms with Gasteiger partial charge < -0.3 is 0 Å². The van der Waals surface area contributed by atoms with Crippen LogP contribution in [0, 0.1) is 17.5 Å². The van der Waals surface area contributed by atoms with Gasteiger partial charge in [-0.3, -0.25) is 9.69 Å². The number of nitrogens with zero attached hydrogens (tertiary/aromatic N) is 1. The van der Waals surface area contributed by atoms with Crippen LogP contribution < -0.4 is 0 Å². The van der Waals surface area contributed by atoms with Gasteiger partial charge in [0.15, 0.2) is 23.2 Å². The molecule has 5 heteroatoms. The summed E-state index contributed by atoms with van der Waals surface area (Å²) in [7, 11) is 0. The molecule has 1 saturated heterocycles. The molecule has 2 rings (SSSR count). The lowest BCUT2D eigenvalue weighted by atomic mass is 9.86. The summed E-state index contributed by atoms with van der Waals surface area (Å²) in [5, 5.41) is 0. The Kier molecular flexibility index (Phi) is 4.18. The fourth-order valence-corrected chi connectivity index (χ4v) is 2.73. The van der Waals surface area contributed by atoms with E-state index in [-0.39, 0.29) is 5.56 Å². The van der Waals surface area contributed by atoms with Crippen molar-refractivity contribution in [1.29, 1.82) is 0 Å². The third-order valence-corrected chi connectivity index (χ3v) is 4.26. The second-order valence-electron chi connectivity index (χ2n) is 5.37. The van der Waals surface area contributed by atoms with E-state index < -0.39 is 28.8 Å².